The average molecular weight is 323 g/mol. The van der Waals surface area contributed by atoms with Crippen LogP contribution in [0.15, 0.2) is 41.8 Å². The van der Waals surface area contributed by atoms with Crippen molar-refractivity contribution < 1.29 is 4.79 Å². The fraction of sp³-hybridized carbons (Fsp3) is 0.312. The predicted molar refractivity (Wildman–Crippen MR) is 88.9 cm³/mol. The monoisotopic (exact) mass is 322 g/mol. The maximum atomic E-state index is 11.8. The van der Waals surface area contributed by atoms with Crippen LogP contribution < -0.4 is 10.6 Å². The van der Waals surface area contributed by atoms with Gasteiger partial charge in [-0.1, -0.05) is 29.8 Å². The van der Waals surface area contributed by atoms with E-state index in [4.69, 9.17) is 11.6 Å². The lowest BCUT2D eigenvalue weighted by Crippen LogP contribution is -2.35. The molecular weight excluding hydrogens is 304 g/mol. The number of benzene rings is 1. The molecule has 112 valence electrons. The van der Waals surface area contributed by atoms with Crippen LogP contribution in [-0.2, 0) is 11.2 Å². The van der Waals surface area contributed by atoms with Crippen molar-refractivity contribution >= 4 is 28.8 Å². The van der Waals surface area contributed by atoms with Crippen molar-refractivity contribution in [3.05, 3.63) is 57.2 Å². The van der Waals surface area contributed by atoms with Crippen LogP contribution in [0.1, 0.15) is 23.4 Å². The summed E-state index contributed by atoms with van der Waals surface area (Å²) in [4.78, 5) is 13.1. The van der Waals surface area contributed by atoms with Crippen LogP contribution >= 0.6 is 22.9 Å². The first kappa shape index (κ1) is 16.0. The molecule has 2 rings (SSSR count). The number of hydrogen-bond donors (Lipinski definition) is 2. The third-order valence-corrected chi connectivity index (χ3v) is 4.40. The van der Waals surface area contributed by atoms with Gasteiger partial charge in [-0.3, -0.25) is 4.79 Å². The second-order valence-corrected chi connectivity index (χ2v) is 6.30. The molecule has 0 aliphatic rings. The summed E-state index contributed by atoms with van der Waals surface area (Å²) in [6.45, 7) is 3.02. The van der Waals surface area contributed by atoms with E-state index in [1.165, 1.54) is 4.88 Å². The van der Waals surface area contributed by atoms with Crippen LogP contribution in [0.2, 0.25) is 5.02 Å². The van der Waals surface area contributed by atoms with Gasteiger partial charge in [0.25, 0.3) is 0 Å². The molecule has 0 saturated heterocycles. The third kappa shape index (κ3) is 5.50. The summed E-state index contributed by atoms with van der Waals surface area (Å²) < 4.78 is 0. The van der Waals surface area contributed by atoms with Crippen LogP contribution in [0.5, 0.6) is 0 Å². The van der Waals surface area contributed by atoms with Gasteiger partial charge in [-0.05, 0) is 42.5 Å². The van der Waals surface area contributed by atoms with Crippen LogP contribution in [0.3, 0.4) is 0 Å². The lowest BCUT2D eigenvalue weighted by Gasteiger charge is -2.14. The Morgan fingerprint density at radius 2 is 2.05 bits per heavy atom. The molecule has 0 unspecified atom stereocenters. The first-order valence-electron chi connectivity index (χ1n) is 6.93. The van der Waals surface area contributed by atoms with Crippen molar-refractivity contribution in [1.29, 1.82) is 0 Å². The van der Waals surface area contributed by atoms with Crippen molar-refractivity contribution in [2.24, 2.45) is 0 Å². The van der Waals surface area contributed by atoms with Gasteiger partial charge in [-0.2, -0.15) is 0 Å². The maximum absolute atomic E-state index is 11.8. The number of halogens is 1. The summed E-state index contributed by atoms with van der Waals surface area (Å²) >= 11 is 7.57. The molecule has 3 nitrogen and oxygen atoms in total. The van der Waals surface area contributed by atoms with Gasteiger partial charge < -0.3 is 10.6 Å². The molecule has 0 radical (unpaired) electrons. The van der Waals surface area contributed by atoms with Crippen molar-refractivity contribution in [2.75, 3.05) is 13.1 Å². The first-order chi connectivity index (χ1) is 10.1. The second kappa shape index (κ2) is 8.17. The largest absolute Gasteiger partial charge is 0.355 e. The number of nitrogens with one attached hydrogen (secondary N) is 2. The lowest BCUT2D eigenvalue weighted by atomic mass is 10.1. The van der Waals surface area contributed by atoms with Gasteiger partial charge in [0.05, 0.1) is 6.54 Å². The molecule has 21 heavy (non-hydrogen) atoms. The molecular formula is C16H19ClN2OS. The fourth-order valence-electron chi connectivity index (χ4n) is 1.96. The molecule has 5 heteroatoms. The van der Waals surface area contributed by atoms with Crippen LogP contribution in [-0.4, -0.2) is 19.0 Å². The van der Waals surface area contributed by atoms with E-state index in [0.29, 0.717) is 13.1 Å². The van der Waals surface area contributed by atoms with E-state index in [1.807, 2.05) is 42.6 Å². The van der Waals surface area contributed by atoms with Gasteiger partial charge in [0.1, 0.15) is 0 Å². The highest BCUT2D eigenvalue weighted by Gasteiger charge is 2.07. The van der Waals surface area contributed by atoms with Crippen molar-refractivity contribution in [3.63, 3.8) is 0 Å². The molecule has 0 aliphatic heterocycles. The summed E-state index contributed by atoms with van der Waals surface area (Å²) in [7, 11) is 0. The maximum Gasteiger partial charge on any atom is 0.233 e. The van der Waals surface area contributed by atoms with Gasteiger partial charge in [0.15, 0.2) is 0 Å². The van der Waals surface area contributed by atoms with Crippen LogP contribution in [0.4, 0.5) is 0 Å². The minimum absolute atomic E-state index is 0.0207. The van der Waals surface area contributed by atoms with Gasteiger partial charge in [0, 0.05) is 22.5 Å². The summed E-state index contributed by atoms with van der Waals surface area (Å²) in [6, 6.07) is 11.9. The number of hydrogen-bond acceptors (Lipinski definition) is 3. The normalized spacial score (nSPS) is 12.1. The van der Waals surface area contributed by atoms with E-state index >= 15 is 0 Å². The van der Waals surface area contributed by atoms with Gasteiger partial charge in [-0.15, -0.1) is 11.3 Å². The Kier molecular flexibility index (Phi) is 6.23. The lowest BCUT2D eigenvalue weighted by molar-refractivity contribution is -0.120. The van der Waals surface area contributed by atoms with E-state index < -0.39 is 0 Å². The molecule has 0 fully saturated rings. The highest BCUT2D eigenvalue weighted by Crippen LogP contribution is 2.15. The van der Waals surface area contributed by atoms with Gasteiger partial charge >= 0.3 is 0 Å². The van der Waals surface area contributed by atoms with Crippen molar-refractivity contribution in [2.45, 2.75) is 19.4 Å². The Morgan fingerprint density at radius 3 is 2.71 bits per heavy atom. The highest BCUT2D eigenvalue weighted by molar-refractivity contribution is 7.09. The topological polar surface area (TPSA) is 41.1 Å². The zero-order valence-electron chi connectivity index (χ0n) is 11.9. The minimum Gasteiger partial charge on any atom is -0.355 e. The number of rotatable bonds is 7. The van der Waals surface area contributed by atoms with E-state index in [1.54, 1.807) is 11.3 Å². The van der Waals surface area contributed by atoms with E-state index in [9.17, 15) is 4.79 Å². The summed E-state index contributed by atoms with van der Waals surface area (Å²) in [5.74, 6) is 0.0207. The van der Waals surface area contributed by atoms with E-state index in [0.717, 1.165) is 17.0 Å². The Bertz CT molecular complexity index is 554. The Labute approximate surface area is 134 Å². The number of carbonyl (C=O) groups excluding carboxylic acids is 1. The average Bonchev–Trinajstić information content (AvgIpc) is 2.99. The van der Waals surface area contributed by atoms with Crippen molar-refractivity contribution in [3.8, 4) is 0 Å². The zero-order chi connectivity index (χ0) is 15.1. The van der Waals surface area contributed by atoms with Gasteiger partial charge in [0.2, 0.25) is 5.91 Å². The molecule has 1 amide bonds. The Morgan fingerprint density at radius 1 is 1.29 bits per heavy atom. The highest BCUT2D eigenvalue weighted by atomic mass is 35.5. The summed E-state index contributed by atoms with van der Waals surface area (Å²) in [5, 5.41) is 8.90. The predicted octanol–water partition coefficient (Wildman–Crippen LogP) is 3.41. The molecule has 2 aromatic rings. The molecule has 0 aliphatic carbocycles. The van der Waals surface area contributed by atoms with Crippen LogP contribution in [0.25, 0.3) is 0 Å². The molecule has 1 aromatic heterocycles. The smallest absolute Gasteiger partial charge is 0.233 e. The van der Waals surface area contributed by atoms with E-state index in [2.05, 4.69) is 16.7 Å². The molecule has 1 aromatic carbocycles. The SMILES string of the molecule is C[C@@H](NCC(=O)NCCc1cccs1)c1ccc(Cl)cc1. The quantitative estimate of drug-likeness (QED) is 0.820. The zero-order valence-corrected chi connectivity index (χ0v) is 13.5. The number of thiophene rings is 1. The fourth-order valence-corrected chi connectivity index (χ4v) is 2.79. The molecule has 0 spiro atoms. The molecule has 0 saturated carbocycles. The Balaban J connectivity index is 1.67. The summed E-state index contributed by atoms with van der Waals surface area (Å²) in [6.07, 6.45) is 0.885. The summed E-state index contributed by atoms with van der Waals surface area (Å²) in [5.41, 5.74) is 1.12. The van der Waals surface area contributed by atoms with Crippen molar-refractivity contribution in [1.82, 2.24) is 10.6 Å². The second-order valence-electron chi connectivity index (χ2n) is 4.83. The molecule has 0 bridgehead atoms. The van der Waals surface area contributed by atoms with Crippen LogP contribution in [0, 0.1) is 0 Å². The standard InChI is InChI=1S/C16H19ClN2OS/c1-12(13-4-6-14(17)7-5-13)19-11-16(20)18-9-8-15-3-2-10-21-15/h2-7,10,12,19H,8-9,11H2,1H3,(H,18,20)/t12-/m1/s1. The number of carbonyl (C=O) groups is 1. The minimum atomic E-state index is 0.0207. The third-order valence-electron chi connectivity index (χ3n) is 3.21. The van der Waals surface area contributed by atoms with Gasteiger partial charge in [-0.25, -0.2) is 0 Å². The van der Waals surface area contributed by atoms with E-state index in [-0.39, 0.29) is 11.9 Å². The number of amides is 1. The first-order valence-corrected chi connectivity index (χ1v) is 8.19. The molecule has 1 heterocycles. The molecule has 1 atom stereocenters. The molecule has 2 N–H and O–H groups in total. The Hall–Kier alpha value is -1.36.